The van der Waals surface area contributed by atoms with Crippen molar-refractivity contribution in [1.29, 1.82) is 0 Å². The molecule has 112 valence electrons. The van der Waals surface area contributed by atoms with Crippen LogP contribution in [0.2, 0.25) is 0 Å². The first-order valence-electron chi connectivity index (χ1n) is 6.05. The summed E-state index contributed by atoms with van der Waals surface area (Å²) in [7, 11) is -3.81. The molecule has 0 aliphatic rings. The van der Waals surface area contributed by atoms with Crippen LogP contribution < -0.4 is 5.73 Å². The first-order valence-corrected chi connectivity index (χ1v) is 7.89. The Kier molecular flexibility index (Phi) is 6.00. The molecule has 0 heterocycles. The average molecular weight is 320 g/mol. The van der Waals surface area contributed by atoms with E-state index in [0.29, 0.717) is 6.42 Å². The summed E-state index contributed by atoms with van der Waals surface area (Å²) in [5, 5.41) is 8.95. The van der Waals surface area contributed by atoms with Crippen LogP contribution in [0.25, 0.3) is 0 Å². The van der Waals surface area contributed by atoms with Crippen LogP contribution in [0.15, 0.2) is 23.1 Å². The molecule has 0 aliphatic heterocycles. The van der Waals surface area contributed by atoms with Crippen molar-refractivity contribution < 1.29 is 17.9 Å². The van der Waals surface area contributed by atoms with Gasteiger partial charge in [0.05, 0.1) is 11.5 Å². The molecule has 0 aliphatic carbocycles. The molecule has 0 radical (unpaired) electrons. The SMILES string of the molecule is CCCN(CCO)S(=O)(=O)c1ccc(F)c(C(N)=S)c1. The molecule has 0 aromatic heterocycles. The van der Waals surface area contributed by atoms with Crippen LogP contribution >= 0.6 is 12.2 Å². The van der Waals surface area contributed by atoms with Gasteiger partial charge < -0.3 is 10.8 Å². The van der Waals surface area contributed by atoms with E-state index >= 15 is 0 Å². The number of halogens is 1. The van der Waals surface area contributed by atoms with E-state index in [0.717, 1.165) is 22.5 Å². The first kappa shape index (κ1) is 17.0. The van der Waals surface area contributed by atoms with Crippen LogP contribution in [0.5, 0.6) is 0 Å². The number of rotatable bonds is 7. The lowest BCUT2D eigenvalue weighted by Gasteiger charge is -2.21. The van der Waals surface area contributed by atoms with Gasteiger partial charge in [0.1, 0.15) is 10.8 Å². The highest BCUT2D eigenvalue weighted by Crippen LogP contribution is 2.19. The van der Waals surface area contributed by atoms with E-state index in [1.54, 1.807) is 0 Å². The summed E-state index contributed by atoms with van der Waals surface area (Å²) in [4.78, 5) is -0.299. The number of hydrogen-bond donors (Lipinski definition) is 2. The van der Waals surface area contributed by atoms with Crippen molar-refractivity contribution in [3.63, 3.8) is 0 Å². The molecule has 1 aromatic rings. The van der Waals surface area contributed by atoms with Gasteiger partial charge in [-0.05, 0) is 24.6 Å². The second-order valence-electron chi connectivity index (χ2n) is 4.13. The zero-order valence-electron chi connectivity index (χ0n) is 11.0. The van der Waals surface area contributed by atoms with Gasteiger partial charge in [-0.3, -0.25) is 0 Å². The van der Waals surface area contributed by atoms with E-state index in [2.05, 4.69) is 12.2 Å². The Morgan fingerprint density at radius 3 is 2.60 bits per heavy atom. The molecule has 0 bridgehead atoms. The second-order valence-corrected chi connectivity index (χ2v) is 6.51. The maximum Gasteiger partial charge on any atom is 0.243 e. The van der Waals surface area contributed by atoms with Gasteiger partial charge in [-0.25, -0.2) is 12.8 Å². The topological polar surface area (TPSA) is 83.6 Å². The van der Waals surface area contributed by atoms with Gasteiger partial charge in [0.15, 0.2) is 0 Å². The summed E-state index contributed by atoms with van der Waals surface area (Å²) in [6.45, 7) is 1.78. The Bertz CT molecular complexity index is 584. The standard InChI is InChI=1S/C12H17FN2O3S2/c1-2-5-15(6-7-16)20(17,18)9-3-4-11(13)10(8-9)12(14)19/h3-4,8,16H,2,5-7H2,1H3,(H2,14,19). The molecule has 0 saturated carbocycles. The predicted molar refractivity (Wildman–Crippen MR) is 78.4 cm³/mol. The highest BCUT2D eigenvalue weighted by atomic mass is 32.2. The first-order chi connectivity index (χ1) is 9.34. The number of nitrogens with two attached hydrogens (primary N) is 1. The number of aliphatic hydroxyl groups is 1. The number of aliphatic hydroxyl groups excluding tert-OH is 1. The minimum atomic E-state index is -3.81. The fraction of sp³-hybridized carbons (Fsp3) is 0.417. The monoisotopic (exact) mass is 320 g/mol. The lowest BCUT2D eigenvalue weighted by molar-refractivity contribution is 0.253. The molecule has 0 spiro atoms. The third kappa shape index (κ3) is 3.72. The fourth-order valence-electron chi connectivity index (χ4n) is 1.72. The molecule has 1 rings (SSSR count). The normalized spacial score (nSPS) is 11.8. The van der Waals surface area contributed by atoms with Gasteiger partial charge in [-0.1, -0.05) is 19.1 Å². The van der Waals surface area contributed by atoms with E-state index in [-0.39, 0.29) is 35.1 Å². The molecule has 0 unspecified atom stereocenters. The third-order valence-electron chi connectivity index (χ3n) is 2.66. The van der Waals surface area contributed by atoms with Crippen LogP contribution in [0.1, 0.15) is 18.9 Å². The lowest BCUT2D eigenvalue weighted by atomic mass is 10.2. The van der Waals surface area contributed by atoms with Gasteiger partial charge >= 0.3 is 0 Å². The minimum Gasteiger partial charge on any atom is -0.395 e. The summed E-state index contributed by atoms with van der Waals surface area (Å²) < 4.78 is 39.4. The van der Waals surface area contributed by atoms with E-state index in [9.17, 15) is 12.8 Å². The van der Waals surface area contributed by atoms with Gasteiger partial charge in [-0.15, -0.1) is 0 Å². The summed E-state index contributed by atoms with van der Waals surface area (Å²) in [5.41, 5.74) is 5.25. The molecular weight excluding hydrogens is 303 g/mol. The highest BCUT2D eigenvalue weighted by Gasteiger charge is 2.24. The van der Waals surface area contributed by atoms with Gasteiger partial charge in [0.25, 0.3) is 0 Å². The maximum atomic E-state index is 13.5. The van der Waals surface area contributed by atoms with E-state index in [1.807, 2.05) is 6.92 Å². The highest BCUT2D eigenvalue weighted by molar-refractivity contribution is 7.89. The van der Waals surface area contributed by atoms with Crippen molar-refractivity contribution >= 4 is 27.2 Å². The average Bonchev–Trinajstić information content (AvgIpc) is 2.38. The van der Waals surface area contributed by atoms with Crippen LogP contribution in [-0.4, -0.2) is 42.5 Å². The molecule has 0 amide bonds. The lowest BCUT2D eigenvalue weighted by Crippen LogP contribution is -2.34. The van der Waals surface area contributed by atoms with Gasteiger partial charge in [0, 0.05) is 18.7 Å². The molecule has 5 nitrogen and oxygen atoms in total. The summed E-state index contributed by atoms with van der Waals surface area (Å²) >= 11 is 4.69. The molecular formula is C12H17FN2O3S2. The van der Waals surface area contributed by atoms with Crippen molar-refractivity contribution in [3.8, 4) is 0 Å². The molecule has 0 saturated heterocycles. The molecule has 3 N–H and O–H groups in total. The number of sulfonamides is 1. The number of benzene rings is 1. The van der Waals surface area contributed by atoms with Crippen molar-refractivity contribution in [3.05, 3.63) is 29.6 Å². The van der Waals surface area contributed by atoms with Crippen LogP contribution in [0, 0.1) is 5.82 Å². The maximum absolute atomic E-state index is 13.5. The van der Waals surface area contributed by atoms with Crippen LogP contribution in [0.3, 0.4) is 0 Å². The third-order valence-corrected chi connectivity index (χ3v) is 4.78. The summed E-state index contributed by atoms with van der Waals surface area (Å²) in [6, 6.07) is 3.30. The number of thiocarbonyl (C=S) groups is 1. The Balaban J connectivity index is 3.26. The zero-order chi connectivity index (χ0) is 15.3. The van der Waals surface area contributed by atoms with Crippen LogP contribution in [0.4, 0.5) is 4.39 Å². The summed E-state index contributed by atoms with van der Waals surface area (Å²) in [5.74, 6) is -0.666. The minimum absolute atomic E-state index is 0.0179. The second kappa shape index (κ2) is 7.07. The quantitative estimate of drug-likeness (QED) is 0.728. The number of nitrogens with zero attached hydrogens (tertiary/aromatic N) is 1. The predicted octanol–water partition coefficient (Wildman–Crippen LogP) is 0.853. The Morgan fingerprint density at radius 2 is 2.10 bits per heavy atom. The van der Waals surface area contributed by atoms with Gasteiger partial charge in [0.2, 0.25) is 10.0 Å². The van der Waals surface area contributed by atoms with E-state index in [4.69, 9.17) is 10.8 Å². The van der Waals surface area contributed by atoms with Crippen molar-refractivity contribution in [2.75, 3.05) is 19.7 Å². The fourth-order valence-corrected chi connectivity index (χ4v) is 3.42. The molecule has 0 atom stereocenters. The van der Waals surface area contributed by atoms with Crippen molar-refractivity contribution in [1.82, 2.24) is 4.31 Å². The summed E-state index contributed by atoms with van der Waals surface area (Å²) in [6.07, 6.45) is 0.600. The zero-order valence-corrected chi connectivity index (χ0v) is 12.7. The van der Waals surface area contributed by atoms with Crippen molar-refractivity contribution in [2.45, 2.75) is 18.2 Å². The van der Waals surface area contributed by atoms with E-state index < -0.39 is 15.8 Å². The smallest absolute Gasteiger partial charge is 0.243 e. The van der Waals surface area contributed by atoms with Crippen molar-refractivity contribution in [2.24, 2.45) is 5.73 Å². The molecule has 0 fully saturated rings. The van der Waals surface area contributed by atoms with Crippen LogP contribution in [-0.2, 0) is 10.0 Å². The molecule has 1 aromatic carbocycles. The van der Waals surface area contributed by atoms with E-state index in [1.165, 1.54) is 0 Å². The largest absolute Gasteiger partial charge is 0.395 e. The van der Waals surface area contributed by atoms with Gasteiger partial charge in [-0.2, -0.15) is 4.31 Å². The number of hydrogen-bond acceptors (Lipinski definition) is 4. The molecule has 8 heteroatoms. The Morgan fingerprint density at radius 1 is 1.45 bits per heavy atom. The molecule has 20 heavy (non-hydrogen) atoms. The Hall–Kier alpha value is -1.09. The Labute approximate surface area is 123 Å².